The van der Waals surface area contributed by atoms with Crippen molar-refractivity contribution in [3.63, 3.8) is 0 Å². The number of hydrogen-bond donors (Lipinski definition) is 0. The summed E-state index contributed by atoms with van der Waals surface area (Å²) in [6.45, 7) is 15.2. The van der Waals surface area contributed by atoms with E-state index in [0.29, 0.717) is 24.0 Å². The number of fused-ring (bicyclic) bond motifs is 4. The Morgan fingerprint density at radius 2 is 1.76 bits per heavy atom. The average molecular weight is 459 g/mol. The summed E-state index contributed by atoms with van der Waals surface area (Å²) in [6, 6.07) is 0. The predicted molar refractivity (Wildman–Crippen MR) is 120 cm³/mol. The van der Waals surface area contributed by atoms with Crippen molar-refractivity contribution in [2.24, 2.45) is 22.7 Å². The molecule has 0 spiro atoms. The molecule has 2 saturated heterocycles. The van der Waals surface area contributed by atoms with Gasteiger partial charge in [-0.3, -0.25) is 4.79 Å². The highest BCUT2D eigenvalue weighted by Gasteiger charge is 2.71. The molecule has 180 valence electrons. The molecule has 4 rings (SSSR count). The number of hydrogen-bond acceptors (Lipinski definition) is 7. The van der Waals surface area contributed by atoms with Crippen LogP contribution in [0.4, 0.5) is 0 Å². The fourth-order valence-corrected chi connectivity index (χ4v) is 5.93. The van der Waals surface area contributed by atoms with Crippen LogP contribution in [0, 0.1) is 22.7 Å². The van der Waals surface area contributed by atoms with Crippen molar-refractivity contribution in [3.8, 4) is 0 Å². The average Bonchev–Trinajstić information content (AvgIpc) is 3.54. The zero-order valence-corrected chi connectivity index (χ0v) is 20.3. The van der Waals surface area contributed by atoms with Crippen molar-refractivity contribution < 1.29 is 33.3 Å². The monoisotopic (exact) mass is 458 g/mol. The number of ether oxygens (including phenoxy) is 4. The first-order valence-electron chi connectivity index (χ1n) is 11.7. The van der Waals surface area contributed by atoms with Gasteiger partial charge in [-0.15, -0.1) is 0 Å². The maximum Gasteiger partial charge on any atom is 0.333 e. The van der Waals surface area contributed by atoms with Crippen molar-refractivity contribution in [1.82, 2.24) is 0 Å². The highest BCUT2D eigenvalue weighted by atomic mass is 16.6. The minimum atomic E-state index is -0.940. The second kappa shape index (κ2) is 8.12. The van der Waals surface area contributed by atoms with Crippen molar-refractivity contribution in [3.05, 3.63) is 35.5 Å². The molecule has 2 heterocycles. The molecular formula is C26H34O7. The van der Waals surface area contributed by atoms with E-state index < -0.39 is 29.0 Å². The molecule has 2 aliphatic carbocycles. The Balaban J connectivity index is 1.60. The van der Waals surface area contributed by atoms with Crippen molar-refractivity contribution >= 4 is 17.9 Å². The van der Waals surface area contributed by atoms with Crippen LogP contribution in [0.25, 0.3) is 0 Å². The number of carbonyl (C=O) groups excluding carboxylic acids is 3. The topological polar surface area (TPSA) is 91.4 Å². The van der Waals surface area contributed by atoms with Crippen LogP contribution in [0.3, 0.4) is 0 Å². The first-order chi connectivity index (χ1) is 15.5. The molecule has 0 amide bonds. The molecule has 0 radical (unpaired) electrons. The van der Waals surface area contributed by atoms with Crippen LogP contribution in [0.5, 0.6) is 0 Å². The van der Waals surface area contributed by atoms with Crippen LogP contribution in [0.15, 0.2) is 35.5 Å². The first kappa shape index (κ1) is 23.7. The Kier molecular flexibility index (Phi) is 5.84. The summed E-state index contributed by atoms with van der Waals surface area (Å²) in [5.74, 6) is -1.49. The van der Waals surface area contributed by atoms with Gasteiger partial charge in [0.1, 0.15) is 36.4 Å². The van der Waals surface area contributed by atoms with Crippen LogP contribution < -0.4 is 0 Å². The summed E-state index contributed by atoms with van der Waals surface area (Å²) in [5, 5.41) is 0. The molecule has 0 aromatic rings. The van der Waals surface area contributed by atoms with E-state index in [1.807, 2.05) is 6.92 Å². The summed E-state index contributed by atoms with van der Waals surface area (Å²) in [6.07, 6.45) is 3.52. The molecule has 33 heavy (non-hydrogen) atoms. The van der Waals surface area contributed by atoms with Gasteiger partial charge in [-0.1, -0.05) is 25.7 Å². The lowest BCUT2D eigenvalue weighted by molar-refractivity contribution is -0.168. The number of carbonyl (C=O) groups is 3. The standard InChI is InChI=1S/C26H34O7/c1-8-13(3)22(27)30-12-26(7)16-10-11-25(6)17(19(16)32-24(26)29)15(5)18-20(31-18)21(25)33-23(28)14(4)9-2/h8-9,16-21H,5,10-12H2,1-4,6-7H3/b13-8-,14-9-/t16-,17-,18+,19+,20+,21+,25-,26-/m1/s1. The van der Waals surface area contributed by atoms with E-state index in [1.165, 1.54) is 0 Å². The van der Waals surface area contributed by atoms with Gasteiger partial charge in [0.05, 0.1) is 0 Å². The van der Waals surface area contributed by atoms with Crippen molar-refractivity contribution in [2.75, 3.05) is 6.61 Å². The second-order valence-corrected chi connectivity index (χ2v) is 10.4. The maximum atomic E-state index is 13.1. The Morgan fingerprint density at radius 3 is 2.39 bits per heavy atom. The molecule has 0 aromatic heterocycles. The van der Waals surface area contributed by atoms with Gasteiger partial charge in [0.25, 0.3) is 0 Å². The van der Waals surface area contributed by atoms with Gasteiger partial charge >= 0.3 is 17.9 Å². The highest BCUT2D eigenvalue weighted by molar-refractivity contribution is 5.88. The Hall–Kier alpha value is -2.41. The molecule has 2 aliphatic heterocycles. The van der Waals surface area contributed by atoms with Crippen LogP contribution in [-0.2, 0) is 33.3 Å². The van der Waals surface area contributed by atoms with E-state index in [0.717, 1.165) is 5.57 Å². The van der Waals surface area contributed by atoms with Crippen molar-refractivity contribution in [1.29, 1.82) is 0 Å². The number of esters is 3. The van der Waals surface area contributed by atoms with Crippen LogP contribution in [-0.4, -0.2) is 48.9 Å². The van der Waals surface area contributed by atoms with E-state index in [-0.39, 0.29) is 42.6 Å². The number of allylic oxidation sites excluding steroid dienone is 2. The third-order valence-corrected chi connectivity index (χ3v) is 8.44. The lowest BCUT2D eigenvalue weighted by Gasteiger charge is -2.52. The largest absolute Gasteiger partial charge is 0.461 e. The molecule has 2 saturated carbocycles. The molecule has 7 heteroatoms. The van der Waals surface area contributed by atoms with Gasteiger partial charge < -0.3 is 18.9 Å². The summed E-state index contributed by atoms with van der Waals surface area (Å²) in [4.78, 5) is 37.9. The van der Waals surface area contributed by atoms with Crippen LogP contribution in [0.2, 0.25) is 0 Å². The lowest BCUT2D eigenvalue weighted by Crippen LogP contribution is -2.58. The normalized spacial score (nSPS) is 42.0. The summed E-state index contributed by atoms with van der Waals surface area (Å²) in [7, 11) is 0. The van der Waals surface area contributed by atoms with Gasteiger partial charge in [-0.25, -0.2) is 9.59 Å². The number of epoxide rings is 1. The molecule has 8 atom stereocenters. The lowest BCUT2D eigenvalue weighted by atomic mass is 9.52. The molecule has 0 aromatic carbocycles. The minimum absolute atomic E-state index is 0.0334. The van der Waals surface area contributed by atoms with Gasteiger partial charge in [0, 0.05) is 28.4 Å². The third kappa shape index (κ3) is 3.56. The predicted octanol–water partition coefficient (Wildman–Crippen LogP) is 3.68. The van der Waals surface area contributed by atoms with E-state index in [4.69, 9.17) is 18.9 Å². The van der Waals surface area contributed by atoms with E-state index in [2.05, 4.69) is 13.5 Å². The summed E-state index contributed by atoms with van der Waals surface area (Å²) in [5.41, 5.74) is 0.528. The fourth-order valence-electron chi connectivity index (χ4n) is 5.93. The molecular weight excluding hydrogens is 424 g/mol. The SMILES string of the molecule is C=C1[C@@H]2[C@H]3OC(=O)[C@](C)(COC(=O)/C(C)=C\C)[C@@H]3CC[C@@]2(C)[C@@H](OC(=O)/C(C)=C\C)[C@H]2O[C@@H]12. The first-order valence-corrected chi connectivity index (χ1v) is 11.7. The van der Waals surface area contributed by atoms with Gasteiger partial charge in [0.15, 0.2) is 0 Å². The Morgan fingerprint density at radius 1 is 1.12 bits per heavy atom. The van der Waals surface area contributed by atoms with E-state index in [1.54, 1.807) is 39.8 Å². The third-order valence-electron chi connectivity index (χ3n) is 8.44. The van der Waals surface area contributed by atoms with E-state index in [9.17, 15) is 14.4 Å². The van der Waals surface area contributed by atoms with Gasteiger partial charge in [0.2, 0.25) is 0 Å². The van der Waals surface area contributed by atoms with Gasteiger partial charge in [-0.2, -0.15) is 0 Å². The zero-order chi connectivity index (χ0) is 24.3. The maximum absolute atomic E-state index is 13.1. The fraction of sp³-hybridized carbons (Fsp3) is 0.654. The van der Waals surface area contributed by atoms with Crippen LogP contribution >= 0.6 is 0 Å². The zero-order valence-electron chi connectivity index (χ0n) is 20.3. The van der Waals surface area contributed by atoms with E-state index >= 15 is 0 Å². The molecule has 4 fully saturated rings. The molecule has 7 nitrogen and oxygen atoms in total. The number of rotatable bonds is 5. The summed E-state index contributed by atoms with van der Waals surface area (Å²) < 4.78 is 23.4. The summed E-state index contributed by atoms with van der Waals surface area (Å²) >= 11 is 0. The molecule has 0 N–H and O–H groups in total. The second-order valence-electron chi connectivity index (χ2n) is 10.4. The van der Waals surface area contributed by atoms with Crippen molar-refractivity contribution in [2.45, 2.75) is 78.8 Å². The molecule has 4 aliphatic rings. The molecule has 0 bridgehead atoms. The van der Waals surface area contributed by atoms with Gasteiger partial charge in [-0.05, 0) is 53.0 Å². The quantitative estimate of drug-likeness (QED) is 0.204. The smallest absolute Gasteiger partial charge is 0.333 e. The van der Waals surface area contributed by atoms with Crippen LogP contribution in [0.1, 0.15) is 54.4 Å². The Bertz CT molecular complexity index is 962. The Labute approximate surface area is 195 Å². The minimum Gasteiger partial charge on any atom is -0.461 e. The highest BCUT2D eigenvalue weighted by Crippen LogP contribution is 2.64. The molecule has 0 unspecified atom stereocenters.